The highest BCUT2D eigenvalue weighted by atomic mass is 32.2. The highest BCUT2D eigenvalue weighted by Gasteiger charge is 2.30. The zero-order valence-corrected chi connectivity index (χ0v) is 18.9. The molecular weight excluding hydrogens is 471 g/mol. The summed E-state index contributed by atoms with van der Waals surface area (Å²) in [6.45, 7) is 2.14. The van der Waals surface area contributed by atoms with Crippen molar-refractivity contribution in [1.82, 2.24) is 14.7 Å². The third kappa shape index (κ3) is 6.42. The van der Waals surface area contributed by atoms with Gasteiger partial charge in [0.05, 0.1) is 32.6 Å². The number of nitrogens with one attached hydrogen (secondary N) is 1. The van der Waals surface area contributed by atoms with Crippen LogP contribution in [0.5, 0.6) is 0 Å². The lowest BCUT2D eigenvalue weighted by atomic mass is 10.1. The molecule has 0 amide bonds. The molecular formula is C19H18F3N3O3S3. The number of Topliss-reactive ketones (excluding diaryl/α,β-unsaturated/α-hetero) is 1. The number of sulfonamides is 1. The monoisotopic (exact) mass is 489 g/mol. The Morgan fingerprint density at radius 3 is 2.55 bits per heavy atom. The summed E-state index contributed by atoms with van der Waals surface area (Å²) >= 11 is 2.88. The second-order valence-corrected chi connectivity index (χ2v) is 10.7. The number of alkyl halides is 3. The van der Waals surface area contributed by atoms with Crippen LogP contribution >= 0.6 is 22.7 Å². The standard InChI is InChI=1S/C19H18F3N3O3S3/c1-11-18(30-12(2)24-11)16-9-29-17(25-16)8-14(26)6-13-4-3-5-15(7-13)31(27,28)23-10-19(20,21)22/h3-5,7,9,23H,6,8,10H2,1-2H3. The van der Waals surface area contributed by atoms with Gasteiger partial charge in [0.15, 0.2) is 0 Å². The van der Waals surface area contributed by atoms with Gasteiger partial charge in [0.2, 0.25) is 10.0 Å². The molecule has 0 aliphatic carbocycles. The van der Waals surface area contributed by atoms with Crippen LogP contribution in [0, 0.1) is 13.8 Å². The van der Waals surface area contributed by atoms with Crippen LogP contribution in [-0.2, 0) is 27.7 Å². The van der Waals surface area contributed by atoms with E-state index in [0.717, 1.165) is 21.3 Å². The third-order valence-electron chi connectivity index (χ3n) is 4.11. The molecule has 31 heavy (non-hydrogen) atoms. The highest BCUT2D eigenvalue weighted by Crippen LogP contribution is 2.30. The molecule has 0 saturated carbocycles. The summed E-state index contributed by atoms with van der Waals surface area (Å²) in [5, 5.41) is 3.42. The zero-order chi connectivity index (χ0) is 22.8. The number of carbonyl (C=O) groups is 1. The van der Waals surface area contributed by atoms with Crippen LogP contribution in [0.25, 0.3) is 10.6 Å². The number of hydrogen-bond acceptors (Lipinski definition) is 7. The maximum Gasteiger partial charge on any atom is 0.402 e. The smallest absolute Gasteiger partial charge is 0.299 e. The number of halogens is 3. The topological polar surface area (TPSA) is 89.0 Å². The van der Waals surface area contributed by atoms with Crippen molar-refractivity contribution in [2.45, 2.75) is 37.8 Å². The fourth-order valence-electron chi connectivity index (χ4n) is 2.81. The molecule has 1 aromatic carbocycles. The quantitative estimate of drug-likeness (QED) is 0.515. The van der Waals surface area contributed by atoms with Crippen LogP contribution in [0.4, 0.5) is 13.2 Å². The first kappa shape index (κ1) is 23.5. The Morgan fingerprint density at radius 2 is 1.90 bits per heavy atom. The molecule has 1 N–H and O–H groups in total. The van der Waals surface area contributed by atoms with Crippen LogP contribution in [0.1, 0.15) is 21.3 Å². The summed E-state index contributed by atoms with van der Waals surface area (Å²) in [4.78, 5) is 22.0. The van der Waals surface area contributed by atoms with Gasteiger partial charge in [-0.15, -0.1) is 22.7 Å². The van der Waals surface area contributed by atoms with Crippen molar-refractivity contribution in [3.05, 3.63) is 50.9 Å². The van der Waals surface area contributed by atoms with Crippen LogP contribution < -0.4 is 4.72 Å². The van der Waals surface area contributed by atoms with Gasteiger partial charge in [-0.05, 0) is 31.5 Å². The van der Waals surface area contributed by atoms with Crippen molar-refractivity contribution in [2.75, 3.05) is 6.54 Å². The SMILES string of the molecule is Cc1nc(C)c(-c2csc(CC(=O)Cc3cccc(S(=O)(=O)NCC(F)(F)F)c3)n2)s1. The molecule has 0 atom stereocenters. The molecule has 0 saturated heterocycles. The second-order valence-electron chi connectivity index (χ2n) is 6.75. The Hall–Kier alpha value is -2.15. The van der Waals surface area contributed by atoms with E-state index in [9.17, 15) is 26.4 Å². The zero-order valence-electron chi connectivity index (χ0n) is 16.5. The van der Waals surface area contributed by atoms with E-state index >= 15 is 0 Å². The normalized spacial score (nSPS) is 12.3. The third-order valence-corrected chi connectivity index (χ3v) is 7.45. The highest BCUT2D eigenvalue weighted by molar-refractivity contribution is 7.89. The minimum absolute atomic E-state index is 0.0593. The number of nitrogens with zero attached hydrogens (tertiary/aromatic N) is 2. The number of aromatic nitrogens is 2. The van der Waals surface area contributed by atoms with E-state index in [4.69, 9.17) is 0 Å². The van der Waals surface area contributed by atoms with Gasteiger partial charge >= 0.3 is 6.18 Å². The number of rotatable bonds is 8. The molecule has 3 rings (SSSR count). The van der Waals surface area contributed by atoms with E-state index in [1.54, 1.807) is 6.07 Å². The average Bonchev–Trinajstić information content (AvgIpc) is 3.25. The molecule has 12 heteroatoms. The fraction of sp³-hybridized carbons (Fsp3) is 0.316. The van der Waals surface area contributed by atoms with Crippen molar-refractivity contribution in [2.24, 2.45) is 0 Å². The molecule has 0 aliphatic rings. The van der Waals surface area contributed by atoms with Gasteiger partial charge in [0.25, 0.3) is 0 Å². The molecule has 2 heterocycles. The Bertz CT molecular complexity index is 1200. The van der Waals surface area contributed by atoms with E-state index in [2.05, 4.69) is 9.97 Å². The van der Waals surface area contributed by atoms with Crippen molar-refractivity contribution in [3.8, 4) is 10.6 Å². The van der Waals surface area contributed by atoms with E-state index in [1.165, 1.54) is 45.6 Å². The van der Waals surface area contributed by atoms with Crippen LogP contribution in [0.3, 0.4) is 0 Å². The molecule has 0 spiro atoms. The number of ketones is 1. The predicted octanol–water partition coefficient (Wildman–Crippen LogP) is 4.08. The molecule has 166 valence electrons. The van der Waals surface area contributed by atoms with Crippen molar-refractivity contribution in [3.63, 3.8) is 0 Å². The summed E-state index contributed by atoms with van der Waals surface area (Å²) in [5.74, 6) is -0.184. The number of carbonyl (C=O) groups excluding carboxylic acids is 1. The van der Waals surface area contributed by atoms with E-state index in [0.29, 0.717) is 10.6 Å². The molecule has 0 bridgehead atoms. The van der Waals surface area contributed by atoms with E-state index in [1.807, 2.05) is 19.2 Å². The first-order valence-electron chi connectivity index (χ1n) is 8.99. The van der Waals surface area contributed by atoms with Crippen LogP contribution in [0.2, 0.25) is 0 Å². The maximum atomic E-state index is 12.5. The summed E-state index contributed by atoms with van der Waals surface area (Å²) in [6, 6.07) is 5.32. The van der Waals surface area contributed by atoms with Gasteiger partial charge in [-0.2, -0.15) is 13.2 Å². The number of thiazole rings is 2. The lowest BCUT2D eigenvalue weighted by Gasteiger charge is -2.10. The Labute approximate surface area is 185 Å². The van der Waals surface area contributed by atoms with Gasteiger partial charge in [-0.3, -0.25) is 4.79 Å². The maximum absolute atomic E-state index is 12.5. The summed E-state index contributed by atoms with van der Waals surface area (Å²) in [5.41, 5.74) is 2.04. The predicted molar refractivity (Wildman–Crippen MR) is 113 cm³/mol. The number of hydrogen-bond donors (Lipinski definition) is 1. The minimum Gasteiger partial charge on any atom is -0.299 e. The minimum atomic E-state index is -4.66. The fourth-order valence-corrected chi connectivity index (χ4v) is 5.66. The molecule has 6 nitrogen and oxygen atoms in total. The lowest BCUT2D eigenvalue weighted by Crippen LogP contribution is -2.33. The van der Waals surface area contributed by atoms with Crippen molar-refractivity contribution < 1.29 is 26.4 Å². The van der Waals surface area contributed by atoms with Crippen molar-refractivity contribution in [1.29, 1.82) is 0 Å². The summed E-state index contributed by atoms with van der Waals surface area (Å²) < 4.78 is 62.6. The number of benzene rings is 1. The molecule has 0 radical (unpaired) electrons. The summed E-state index contributed by atoms with van der Waals surface area (Å²) in [7, 11) is -4.34. The van der Waals surface area contributed by atoms with Gasteiger partial charge in [-0.25, -0.2) is 23.1 Å². The number of aryl methyl sites for hydroxylation is 2. The van der Waals surface area contributed by atoms with Gasteiger partial charge < -0.3 is 0 Å². The van der Waals surface area contributed by atoms with Crippen LogP contribution in [-0.4, -0.2) is 36.9 Å². The molecule has 0 aliphatic heterocycles. The second kappa shape index (κ2) is 9.15. The van der Waals surface area contributed by atoms with Crippen molar-refractivity contribution >= 4 is 38.5 Å². The van der Waals surface area contributed by atoms with Gasteiger partial charge in [0, 0.05) is 11.8 Å². The first-order valence-corrected chi connectivity index (χ1v) is 12.2. The van der Waals surface area contributed by atoms with Gasteiger partial charge in [0.1, 0.15) is 17.3 Å². The molecule has 2 aromatic heterocycles. The van der Waals surface area contributed by atoms with E-state index < -0.39 is 22.7 Å². The average molecular weight is 490 g/mol. The molecule has 0 fully saturated rings. The Morgan fingerprint density at radius 1 is 1.16 bits per heavy atom. The van der Waals surface area contributed by atoms with Gasteiger partial charge in [-0.1, -0.05) is 12.1 Å². The Kier molecular flexibility index (Phi) is 6.94. The lowest BCUT2D eigenvalue weighted by molar-refractivity contribution is -0.121. The summed E-state index contributed by atoms with van der Waals surface area (Å²) in [6.07, 6.45) is -4.65. The Balaban J connectivity index is 1.66. The first-order chi connectivity index (χ1) is 14.4. The molecule has 3 aromatic rings. The molecule has 0 unspecified atom stereocenters. The van der Waals surface area contributed by atoms with E-state index in [-0.39, 0.29) is 23.5 Å². The van der Waals surface area contributed by atoms with Crippen LogP contribution in [0.15, 0.2) is 34.5 Å². The largest absolute Gasteiger partial charge is 0.402 e.